The van der Waals surface area contributed by atoms with Crippen molar-refractivity contribution in [3.05, 3.63) is 29.8 Å². The van der Waals surface area contributed by atoms with Crippen molar-refractivity contribution in [2.75, 3.05) is 26.4 Å². The fourth-order valence-electron chi connectivity index (χ4n) is 4.01. The quantitative estimate of drug-likeness (QED) is 0.891. The van der Waals surface area contributed by atoms with Crippen molar-refractivity contribution in [1.29, 1.82) is 0 Å². The fourth-order valence-corrected chi connectivity index (χ4v) is 4.01. The maximum atomic E-state index is 13.0. The van der Waals surface area contributed by atoms with Crippen molar-refractivity contribution in [1.82, 2.24) is 4.90 Å². The Kier molecular flexibility index (Phi) is 4.95. The molecule has 4 rings (SSSR count). The first-order valence-electron chi connectivity index (χ1n) is 9.52. The van der Waals surface area contributed by atoms with E-state index in [1.165, 1.54) is 12.8 Å². The Labute approximate surface area is 148 Å². The van der Waals surface area contributed by atoms with E-state index in [4.69, 9.17) is 9.47 Å². The van der Waals surface area contributed by atoms with Crippen LogP contribution in [0.1, 0.15) is 42.5 Å². The van der Waals surface area contributed by atoms with Gasteiger partial charge in [-0.2, -0.15) is 0 Å². The molecule has 136 valence electrons. The Balaban J connectivity index is 1.43. The van der Waals surface area contributed by atoms with E-state index in [1.807, 2.05) is 29.2 Å². The maximum Gasteiger partial charge on any atom is 0.254 e. The number of aliphatic hydroxyl groups excluding tert-OH is 1. The van der Waals surface area contributed by atoms with Gasteiger partial charge in [-0.15, -0.1) is 0 Å². The largest absolute Gasteiger partial charge is 0.493 e. The summed E-state index contributed by atoms with van der Waals surface area (Å²) in [6.45, 7) is 2.45. The molecule has 1 amide bonds. The third kappa shape index (κ3) is 3.82. The van der Waals surface area contributed by atoms with Crippen LogP contribution in [-0.2, 0) is 4.74 Å². The highest BCUT2D eigenvalue weighted by Crippen LogP contribution is 2.33. The number of amides is 1. The summed E-state index contributed by atoms with van der Waals surface area (Å²) in [7, 11) is 0. The van der Waals surface area contributed by atoms with Crippen LogP contribution < -0.4 is 4.74 Å². The third-order valence-corrected chi connectivity index (χ3v) is 5.74. The molecule has 5 heteroatoms. The third-order valence-electron chi connectivity index (χ3n) is 5.74. The number of carbonyl (C=O) groups is 1. The average molecular weight is 345 g/mol. The van der Waals surface area contributed by atoms with Crippen molar-refractivity contribution in [3.63, 3.8) is 0 Å². The summed E-state index contributed by atoms with van der Waals surface area (Å²) >= 11 is 0. The van der Waals surface area contributed by atoms with Crippen LogP contribution >= 0.6 is 0 Å². The summed E-state index contributed by atoms with van der Waals surface area (Å²) in [6.07, 6.45) is 5.03. The van der Waals surface area contributed by atoms with Gasteiger partial charge in [0.15, 0.2) is 0 Å². The molecule has 5 nitrogen and oxygen atoms in total. The summed E-state index contributed by atoms with van der Waals surface area (Å²) in [5, 5.41) is 10.2. The predicted octanol–water partition coefficient (Wildman–Crippen LogP) is 2.48. The van der Waals surface area contributed by atoms with Gasteiger partial charge in [0.25, 0.3) is 5.91 Å². The van der Waals surface area contributed by atoms with Crippen LogP contribution in [0, 0.1) is 11.8 Å². The van der Waals surface area contributed by atoms with Gasteiger partial charge in [0.1, 0.15) is 5.75 Å². The molecular weight excluding hydrogens is 318 g/mol. The monoisotopic (exact) mass is 345 g/mol. The topological polar surface area (TPSA) is 59.0 Å². The highest BCUT2D eigenvalue weighted by molar-refractivity contribution is 5.94. The minimum absolute atomic E-state index is 0.0236. The van der Waals surface area contributed by atoms with Crippen LogP contribution in [-0.4, -0.2) is 54.4 Å². The predicted molar refractivity (Wildman–Crippen MR) is 93.7 cm³/mol. The van der Waals surface area contributed by atoms with Gasteiger partial charge in [0.2, 0.25) is 0 Å². The number of carbonyl (C=O) groups excluding carboxylic acids is 1. The van der Waals surface area contributed by atoms with E-state index in [2.05, 4.69) is 0 Å². The first kappa shape index (κ1) is 16.9. The van der Waals surface area contributed by atoms with Gasteiger partial charge in [-0.3, -0.25) is 4.79 Å². The zero-order valence-electron chi connectivity index (χ0n) is 14.6. The maximum absolute atomic E-state index is 13.0. The number of ether oxygens (including phenoxy) is 2. The number of benzene rings is 1. The summed E-state index contributed by atoms with van der Waals surface area (Å²) in [6, 6.07) is 7.44. The number of nitrogens with zero attached hydrogens (tertiary/aromatic N) is 1. The molecule has 2 aliphatic carbocycles. The zero-order valence-corrected chi connectivity index (χ0v) is 14.6. The molecule has 1 aromatic rings. The minimum atomic E-state index is -0.319. The molecule has 0 unspecified atom stereocenters. The number of aliphatic hydroxyl groups is 1. The Morgan fingerprint density at radius 3 is 2.68 bits per heavy atom. The second-order valence-corrected chi connectivity index (χ2v) is 7.58. The summed E-state index contributed by atoms with van der Waals surface area (Å²) in [5.41, 5.74) is 0.679. The van der Waals surface area contributed by atoms with Crippen molar-refractivity contribution in [3.8, 4) is 5.75 Å². The minimum Gasteiger partial charge on any atom is -0.493 e. The molecule has 3 atom stereocenters. The van der Waals surface area contributed by atoms with E-state index < -0.39 is 0 Å². The van der Waals surface area contributed by atoms with Crippen molar-refractivity contribution in [2.24, 2.45) is 11.8 Å². The SMILES string of the molecule is O=C(c1ccc(OCC2CC2)cc1)N1CCOC[C@@H]1[C@H]1CCC[C@@H]1O. The standard InChI is InChI=1S/C20H27NO4/c22-19-3-1-2-17(19)18-13-24-11-10-21(18)20(23)15-6-8-16(9-7-15)25-12-14-4-5-14/h6-9,14,17-19,22H,1-5,10-13H2/t17-,18-,19+/m1/s1. The van der Waals surface area contributed by atoms with Gasteiger partial charge >= 0.3 is 0 Å². The molecular formula is C20H27NO4. The summed E-state index contributed by atoms with van der Waals surface area (Å²) < 4.78 is 11.4. The molecule has 1 heterocycles. The van der Waals surface area contributed by atoms with Crippen LogP contribution in [0.15, 0.2) is 24.3 Å². The van der Waals surface area contributed by atoms with Crippen LogP contribution in [0.5, 0.6) is 5.75 Å². The molecule has 1 N–H and O–H groups in total. The summed E-state index contributed by atoms with van der Waals surface area (Å²) in [5.74, 6) is 1.70. The van der Waals surface area contributed by atoms with Crippen molar-refractivity contribution in [2.45, 2.75) is 44.2 Å². The van der Waals surface area contributed by atoms with E-state index in [-0.39, 0.29) is 24.0 Å². The second-order valence-electron chi connectivity index (χ2n) is 7.58. The molecule has 1 saturated heterocycles. The Morgan fingerprint density at radius 2 is 2.00 bits per heavy atom. The van der Waals surface area contributed by atoms with Crippen molar-refractivity contribution >= 4 is 5.91 Å². The molecule has 1 aliphatic heterocycles. The highest BCUT2D eigenvalue weighted by atomic mass is 16.5. The first-order valence-corrected chi connectivity index (χ1v) is 9.52. The van der Waals surface area contributed by atoms with E-state index >= 15 is 0 Å². The van der Waals surface area contributed by atoms with Crippen LogP contribution in [0.4, 0.5) is 0 Å². The van der Waals surface area contributed by atoms with Gasteiger partial charge in [-0.1, -0.05) is 6.42 Å². The lowest BCUT2D eigenvalue weighted by molar-refractivity contribution is -0.0383. The molecule has 25 heavy (non-hydrogen) atoms. The molecule has 0 spiro atoms. The van der Waals surface area contributed by atoms with Gasteiger partial charge in [-0.05, 0) is 55.9 Å². The van der Waals surface area contributed by atoms with Gasteiger partial charge in [0, 0.05) is 18.0 Å². The van der Waals surface area contributed by atoms with Crippen LogP contribution in [0.3, 0.4) is 0 Å². The Hall–Kier alpha value is -1.59. The fraction of sp³-hybridized carbons (Fsp3) is 0.650. The molecule has 1 aromatic carbocycles. The number of hydrogen-bond acceptors (Lipinski definition) is 4. The number of hydrogen-bond donors (Lipinski definition) is 1. The molecule has 3 fully saturated rings. The van der Waals surface area contributed by atoms with E-state index in [0.29, 0.717) is 31.2 Å². The number of morpholine rings is 1. The van der Waals surface area contributed by atoms with Crippen LogP contribution in [0.2, 0.25) is 0 Å². The normalized spacial score (nSPS) is 29.6. The lowest BCUT2D eigenvalue weighted by Gasteiger charge is -2.40. The molecule has 0 radical (unpaired) electrons. The molecule has 0 bridgehead atoms. The second kappa shape index (κ2) is 7.34. The van der Waals surface area contributed by atoms with Crippen LogP contribution in [0.25, 0.3) is 0 Å². The Bertz CT molecular complexity index is 598. The zero-order chi connectivity index (χ0) is 17.2. The van der Waals surface area contributed by atoms with Crippen molar-refractivity contribution < 1.29 is 19.4 Å². The van der Waals surface area contributed by atoms with E-state index in [9.17, 15) is 9.90 Å². The van der Waals surface area contributed by atoms with Gasteiger partial charge in [-0.25, -0.2) is 0 Å². The van der Waals surface area contributed by atoms with Gasteiger partial charge < -0.3 is 19.5 Å². The molecule has 2 saturated carbocycles. The first-order chi connectivity index (χ1) is 12.2. The highest BCUT2D eigenvalue weighted by Gasteiger charge is 2.39. The molecule has 0 aromatic heterocycles. The smallest absolute Gasteiger partial charge is 0.254 e. The number of rotatable bonds is 5. The molecule has 3 aliphatic rings. The van der Waals surface area contributed by atoms with Gasteiger partial charge in [0.05, 0.1) is 32.0 Å². The summed E-state index contributed by atoms with van der Waals surface area (Å²) in [4.78, 5) is 14.9. The van der Waals surface area contributed by atoms with E-state index in [0.717, 1.165) is 31.6 Å². The Morgan fingerprint density at radius 1 is 1.20 bits per heavy atom. The lowest BCUT2D eigenvalue weighted by atomic mass is 9.93. The lowest BCUT2D eigenvalue weighted by Crippen LogP contribution is -2.53. The van der Waals surface area contributed by atoms with E-state index in [1.54, 1.807) is 0 Å². The average Bonchev–Trinajstić information content (AvgIpc) is 3.39.